The van der Waals surface area contributed by atoms with Crippen LogP contribution in [0.25, 0.3) is 6.08 Å². The number of nitrogens with zero attached hydrogens (tertiary/aromatic N) is 1. The third-order valence-corrected chi connectivity index (χ3v) is 5.14. The zero-order valence-electron chi connectivity index (χ0n) is 14.4. The number of halogens is 2. The van der Waals surface area contributed by atoms with Gasteiger partial charge in [-0.1, -0.05) is 35.3 Å². The molecule has 0 spiro atoms. The molecule has 2 amide bonds. The van der Waals surface area contributed by atoms with Crippen LogP contribution in [0.15, 0.2) is 42.0 Å². The third-order valence-electron chi connectivity index (χ3n) is 4.05. The molecule has 1 N–H and O–H groups in total. The van der Waals surface area contributed by atoms with E-state index >= 15 is 0 Å². The van der Waals surface area contributed by atoms with Gasteiger partial charge < -0.3 is 4.74 Å². The lowest BCUT2D eigenvalue weighted by atomic mass is 10.0. The van der Waals surface area contributed by atoms with E-state index in [0.717, 1.165) is 10.5 Å². The topological polar surface area (TPSA) is 58.6 Å². The van der Waals surface area contributed by atoms with Crippen LogP contribution in [0.4, 0.5) is 5.69 Å². The minimum absolute atomic E-state index is 0.0576. The first-order valence-corrected chi connectivity index (χ1v) is 9.00. The van der Waals surface area contributed by atoms with E-state index < -0.39 is 11.8 Å². The lowest BCUT2D eigenvalue weighted by molar-refractivity contribution is -0.122. The molecule has 0 unspecified atom stereocenters. The summed E-state index contributed by atoms with van der Waals surface area (Å²) in [7, 11) is 1.57. The molecule has 8 heteroatoms. The molecule has 5 nitrogen and oxygen atoms in total. The maximum Gasteiger partial charge on any atom is 0.270 e. The van der Waals surface area contributed by atoms with Gasteiger partial charge in [0.1, 0.15) is 11.3 Å². The van der Waals surface area contributed by atoms with Gasteiger partial charge in [0, 0.05) is 0 Å². The molecule has 0 saturated carbocycles. The largest absolute Gasteiger partial charge is 0.497 e. The number of hydrogen-bond acceptors (Lipinski definition) is 4. The van der Waals surface area contributed by atoms with Crippen LogP contribution in [0.3, 0.4) is 0 Å². The zero-order chi connectivity index (χ0) is 19.7. The van der Waals surface area contributed by atoms with Gasteiger partial charge in [-0.3, -0.25) is 19.8 Å². The van der Waals surface area contributed by atoms with Crippen molar-refractivity contribution in [2.24, 2.45) is 0 Å². The molecule has 0 bridgehead atoms. The highest BCUT2D eigenvalue weighted by molar-refractivity contribution is 7.80. The fourth-order valence-electron chi connectivity index (χ4n) is 2.63. The summed E-state index contributed by atoms with van der Waals surface area (Å²) < 4.78 is 5.18. The number of anilines is 1. The van der Waals surface area contributed by atoms with Gasteiger partial charge in [0.15, 0.2) is 5.11 Å². The van der Waals surface area contributed by atoms with Gasteiger partial charge in [-0.25, -0.2) is 0 Å². The van der Waals surface area contributed by atoms with Gasteiger partial charge in [0.2, 0.25) is 0 Å². The summed E-state index contributed by atoms with van der Waals surface area (Å²) in [4.78, 5) is 26.6. The van der Waals surface area contributed by atoms with Crippen LogP contribution < -0.4 is 15.0 Å². The highest BCUT2D eigenvalue weighted by Gasteiger charge is 2.35. The fourth-order valence-corrected chi connectivity index (χ4v) is 3.29. The maximum absolute atomic E-state index is 13.0. The second kappa shape index (κ2) is 7.68. The molecule has 0 radical (unpaired) electrons. The minimum atomic E-state index is -0.580. The quantitative estimate of drug-likeness (QED) is 0.460. The van der Waals surface area contributed by atoms with Crippen LogP contribution in [-0.4, -0.2) is 24.0 Å². The average molecular weight is 421 g/mol. The predicted octanol–water partition coefficient (Wildman–Crippen LogP) is 4.14. The molecule has 2 aromatic rings. The summed E-state index contributed by atoms with van der Waals surface area (Å²) in [6.07, 6.45) is 1.51. The Kier molecular flexibility index (Phi) is 5.51. The average Bonchev–Trinajstić information content (AvgIpc) is 2.63. The first-order valence-electron chi connectivity index (χ1n) is 7.83. The summed E-state index contributed by atoms with van der Waals surface area (Å²) in [5, 5.41) is 2.91. The second-order valence-electron chi connectivity index (χ2n) is 5.75. The Morgan fingerprint density at radius 2 is 1.93 bits per heavy atom. The molecule has 3 rings (SSSR count). The normalized spacial score (nSPS) is 15.9. The Labute approximate surface area is 171 Å². The van der Waals surface area contributed by atoms with Gasteiger partial charge in [0.05, 0.1) is 22.8 Å². The first kappa shape index (κ1) is 19.4. The molecule has 1 saturated heterocycles. The van der Waals surface area contributed by atoms with Crippen molar-refractivity contribution < 1.29 is 14.3 Å². The molecule has 27 heavy (non-hydrogen) atoms. The number of thiocarbonyl (C=S) groups is 1. The van der Waals surface area contributed by atoms with Crippen LogP contribution in [0.5, 0.6) is 5.75 Å². The molecule has 1 heterocycles. The van der Waals surface area contributed by atoms with Crippen LogP contribution in [0.1, 0.15) is 11.1 Å². The monoisotopic (exact) mass is 420 g/mol. The fraction of sp³-hybridized carbons (Fsp3) is 0.105. The van der Waals surface area contributed by atoms with Gasteiger partial charge in [0.25, 0.3) is 11.8 Å². The second-order valence-corrected chi connectivity index (χ2v) is 6.93. The van der Waals surface area contributed by atoms with E-state index in [2.05, 4.69) is 5.32 Å². The molecule has 0 aliphatic carbocycles. The van der Waals surface area contributed by atoms with E-state index in [9.17, 15) is 9.59 Å². The minimum Gasteiger partial charge on any atom is -0.497 e. The van der Waals surface area contributed by atoms with Gasteiger partial charge in [-0.15, -0.1) is 0 Å². The summed E-state index contributed by atoms with van der Waals surface area (Å²) in [6, 6.07) is 10.2. The SMILES string of the molecule is COc1ccc(/C=C2/C(=O)NC(=S)N(c3cccc(Cl)c3Cl)C2=O)c(C)c1. The Bertz CT molecular complexity index is 1000. The molecule has 1 fully saturated rings. The number of ether oxygens (including phenoxy) is 1. The Balaban J connectivity index is 2.06. The highest BCUT2D eigenvalue weighted by Crippen LogP contribution is 2.34. The van der Waals surface area contributed by atoms with Gasteiger partial charge in [-0.2, -0.15) is 0 Å². The Morgan fingerprint density at radius 3 is 2.59 bits per heavy atom. The maximum atomic E-state index is 13.0. The lowest BCUT2D eigenvalue weighted by Gasteiger charge is -2.29. The van der Waals surface area contributed by atoms with Crippen molar-refractivity contribution in [1.29, 1.82) is 0 Å². The van der Waals surface area contributed by atoms with Crippen molar-refractivity contribution in [3.8, 4) is 5.75 Å². The molecule has 0 aromatic heterocycles. The molecular formula is C19H14Cl2N2O3S. The highest BCUT2D eigenvalue weighted by atomic mass is 35.5. The molecule has 2 aromatic carbocycles. The van der Waals surface area contributed by atoms with Crippen LogP contribution in [0, 0.1) is 6.92 Å². The van der Waals surface area contributed by atoms with Gasteiger partial charge >= 0.3 is 0 Å². The van der Waals surface area contributed by atoms with Crippen LogP contribution in [-0.2, 0) is 9.59 Å². The van der Waals surface area contributed by atoms with E-state index in [1.165, 1.54) is 6.08 Å². The molecule has 0 atom stereocenters. The van der Waals surface area contributed by atoms with Crippen molar-refractivity contribution in [2.45, 2.75) is 6.92 Å². The molecule has 1 aliphatic heterocycles. The van der Waals surface area contributed by atoms with Crippen molar-refractivity contribution >= 4 is 64.1 Å². The molecular weight excluding hydrogens is 407 g/mol. The number of aryl methyl sites for hydroxylation is 1. The van der Waals surface area contributed by atoms with Crippen molar-refractivity contribution in [3.05, 3.63) is 63.1 Å². The Morgan fingerprint density at radius 1 is 1.19 bits per heavy atom. The standard InChI is InChI=1S/C19H14Cl2N2O3S/c1-10-8-12(26-2)7-6-11(10)9-13-17(24)22-19(27)23(18(13)25)15-5-3-4-14(20)16(15)21/h3-9H,1-2H3,(H,22,24,27)/b13-9-. The lowest BCUT2D eigenvalue weighted by Crippen LogP contribution is -2.54. The Hall–Kier alpha value is -2.41. The number of carbonyl (C=O) groups excluding carboxylic acids is 2. The number of amides is 2. The number of nitrogens with one attached hydrogen (secondary N) is 1. The summed E-state index contributed by atoms with van der Waals surface area (Å²) in [6.45, 7) is 1.86. The van der Waals surface area contributed by atoms with E-state index in [1.807, 2.05) is 13.0 Å². The molecule has 1 aliphatic rings. The number of benzene rings is 2. The summed E-state index contributed by atoms with van der Waals surface area (Å²) >= 11 is 17.4. The predicted molar refractivity (Wildman–Crippen MR) is 110 cm³/mol. The van der Waals surface area contributed by atoms with Crippen molar-refractivity contribution in [1.82, 2.24) is 5.32 Å². The van der Waals surface area contributed by atoms with Crippen LogP contribution >= 0.6 is 35.4 Å². The summed E-state index contributed by atoms with van der Waals surface area (Å²) in [5.74, 6) is -0.472. The van der Waals surface area contributed by atoms with Gasteiger partial charge in [-0.05, 0) is 60.6 Å². The molecule has 138 valence electrons. The smallest absolute Gasteiger partial charge is 0.270 e. The van der Waals surface area contributed by atoms with E-state index in [4.69, 9.17) is 40.2 Å². The van der Waals surface area contributed by atoms with Crippen LogP contribution in [0.2, 0.25) is 10.0 Å². The number of methoxy groups -OCH3 is 1. The zero-order valence-corrected chi connectivity index (χ0v) is 16.7. The van der Waals surface area contributed by atoms with Crippen molar-refractivity contribution in [3.63, 3.8) is 0 Å². The number of rotatable bonds is 3. The number of carbonyl (C=O) groups is 2. The van der Waals surface area contributed by atoms with E-state index in [1.54, 1.807) is 37.4 Å². The third kappa shape index (κ3) is 3.69. The van der Waals surface area contributed by atoms with E-state index in [-0.39, 0.29) is 20.7 Å². The van der Waals surface area contributed by atoms with E-state index in [0.29, 0.717) is 17.0 Å². The number of hydrogen-bond donors (Lipinski definition) is 1. The first-order chi connectivity index (χ1) is 12.8. The summed E-state index contributed by atoms with van der Waals surface area (Å²) in [5.41, 5.74) is 1.80. The van der Waals surface area contributed by atoms with Crippen molar-refractivity contribution in [2.75, 3.05) is 12.0 Å².